The van der Waals surface area contributed by atoms with Crippen LogP contribution in [0.5, 0.6) is 0 Å². The Hall–Kier alpha value is -1.81. The molecule has 0 saturated carbocycles. The third-order valence-corrected chi connectivity index (χ3v) is 3.20. The molecule has 100 valence electrons. The number of nitrogen functional groups attached to an aromatic ring is 1. The summed E-state index contributed by atoms with van der Waals surface area (Å²) in [5.41, 5.74) is 7.44. The van der Waals surface area contributed by atoms with Gasteiger partial charge in [0.1, 0.15) is 23.2 Å². The maximum Gasteiger partial charge on any atom is 0.141 e. The number of anilines is 1. The summed E-state index contributed by atoms with van der Waals surface area (Å²) < 4.78 is 15.1. The van der Waals surface area contributed by atoms with Gasteiger partial charge in [0.25, 0.3) is 0 Å². The Balaban J connectivity index is 2.55. The second-order valence-electron chi connectivity index (χ2n) is 4.14. The molecule has 0 aliphatic heterocycles. The van der Waals surface area contributed by atoms with E-state index in [-0.39, 0.29) is 5.02 Å². The van der Waals surface area contributed by atoms with Crippen molar-refractivity contribution in [1.29, 1.82) is 0 Å². The smallest absolute Gasteiger partial charge is 0.141 e. The fourth-order valence-electron chi connectivity index (χ4n) is 1.97. The molecule has 0 saturated heterocycles. The number of nitrogens with zero attached hydrogens (tertiary/aromatic N) is 2. The Bertz CT molecular complexity index is 619. The molecule has 0 spiro atoms. The van der Waals surface area contributed by atoms with Crippen LogP contribution in [0.2, 0.25) is 5.02 Å². The minimum absolute atomic E-state index is 0.0632. The Morgan fingerprint density at radius 2 is 2.26 bits per heavy atom. The lowest BCUT2D eigenvalue weighted by molar-refractivity contribution is 0.628. The van der Waals surface area contributed by atoms with E-state index >= 15 is 0 Å². The predicted molar refractivity (Wildman–Crippen MR) is 76.6 cm³/mol. The third-order valence-electron chi connectivity index (χ3n) is 2.91. The van der Waals surface area contributed by atoms with Gasteiger partial charge in [0, 0.05) is 18.5 Å². The maximum absolute atomic E-state index is 13.2. The zero-order chi connectivity index (χ0) is 14.0. The number of nitrogens with two attached hydrogens (primary N) is 1. The largest absolute Gasteiger partial charge is 0.383 e. The number of allylic oxidation sites excluding steroid dienone is 1. The Kier molecular flexibility index (Phi) is 3.90. The molecule has 0 aliphatic carbocycles. The standard InChI is InChI=1S/C14H15ClFN3/c1-3-7-19-12(4-2)18-13(14(19)17)9-5-6-11(16)10(15)8-9/h3,5-6,8H,1,4,7,17H2,2H3. The van der Waals surface area contributed by atoms with Crippen LogP contribution in [0.25, 0.3) is 11.3 Å². The van der Waals surface area contributed by atoms with Crippen LogP contribution in [0.1, 0.15) is 12.7 Å². The van der Waals surface area contributed by atoms with Gasteiger partial charge in [-0.25, -0.2) is 9.37 Å². The Labute approximate surface area is 116 Å². The minimum Gasteiger partial charge on any atom is -0.383 e. The van der Waals surface area contributed by atoms with E-state index in [0.29, 0.717) is 23.6 Å². The zero-order valence-electron chi connectivity index (χ0n) is 10.7. The second kappa shape index (κ2) is 5.45. The number of rotatable bonds is 4. The molecule has 0 aliphatic rings. The fraction of sp³-hybridized carbons (Fsp3) is 0.214. The van der Waals surface area contributed by atoms with Gasteiger partial charge in [-0.3, -0.25) is 0 Å². The number of imidazole rings is 1. The molecule has 0 bridgehead atoms. The lowest BCUT2D eigenvalue weighted by atomic mass is 10.1. The Morgan fingerprint density at radius 3 is 2.84 bits per heavy atom. The van der Waals surface area contributed by atoms with Crippen LogP contribution >= 0.6 is 11.6 Å². The molecule has 0 amide bonds. The highest BCUT2D eigenvalue weighted by atomic mass is 35.5. The van der Waals surface area contributed by atoms with Crippen molar-refractivity contribution in [3.05, 3.63) is 47.5 Å². The molecule has 1 heterocycles. The summed E-state index contributed by atoms with van der Waals surface area (Å²) >= 11 is 5.79. The molecule has 2 N–H and O–H groups in total. The molecule has 0 atom stereocenters. The molecular weight excluding hydrogens is 265 g/mol. The molecule has 0 fully saturated rings. The number of benzene rings is 1. The highest BCUT2D eigenvalue weighted by Gasteiger charge is 2.15. The predicted octanol–water partition coefficient (Wildman–Crippen LogP) is 3.67. The molecule has 3 nitrogen and oxygen atoms in total. The van der Waals surface area contributed by atoms with Gasteiger partial charge in [-0.2, -0.15) is 0 Å². The van der Waals surface area contributed by atoms with E-state index in [1.165, 1.54) is 12.1 Å². The molecule has 1 aromatic carbocycles. The lowest BCUT2D eigenvalue weighted by Crippen LogP contribution is -2.05. The average molecular weight is 280 g/mol. The monoisotopic (exact) mass is 279 g/mol. The Morgan fingerprint density at radius 1 is 1.53 bits per heavy atom. The molecule has 0 unspecified atom stereocenters. The van der Waals surface area contributed by atoms with Gasteiger partial charge in [-0.1, -0.05) is 24.6 Å². The van der Waals surface area contributed by atoms with Gasteiger partial charge in [0.15, 0.2) is 0 Å². The summed E-state index contributed by atoms with van der Waals surface area (Å²) in [5.74, 6) is 0.956. The number of hydrogen-bond donors (Lipinski definition) is 1. The van der Waals surface area contributed by atoms with E-state index in [1.807, 2.05) is 11.5 Å². The molecule has 2 rings (SSSR count). The lowest BCUT2D eigenvalue weighted by Gasteiger charge is -2.05. The number of halogens is 2. The topological polar surface area (TPSA) is 43.8 Å². The van der Waals surface area contributed by atoms with Gasteiger partial charge in [0.05, 0.1) is 5.02 Å². The van der Waals surface area contributed by atoms with Crippen molar-refractivity contribution in [3.63, 3.8) is 0 Å². The van der Waals surface area contributed by atoms with E-state index in [1.54, 1.807) is 12.1 Å². The summed E-state index contributed by atoms with van der Waals surface area (Å²) in [7, 11) is 0. The van der Waals surface area contributed by atoms with E-state index in [0.717, 1.165) is 12.2 Å². The molecule has 5 heteroatoms. The van der Waals surface area contributed by atoms with Gasteiger partial charge in [-0.05, 0) is 18.2 Å². The van der Waals surface area contributed by atoms with Crippen LogP contribution in [0.3, 0.4) is 0 Å². The molecule has 1 aromatic heterocycles. The van der Waals surface area contributed by atoms with E-state index in [4.69, 9.17) is 17.3 Å². The van der Waals surface area contributed by atoms with Gasteiger partial charge in [-0.15, -0.1) is 6.58 Å². The van der Waals surface area contributed by atoms with Crippen LogP contribution in [0.15, 0.2) is 30.9 Å². The number of hydrogen-bond acceptors (Lipinski definition) is 2. The first-order valence-electron chi connectivity index (χ1n) is 5.99. The van der Waals surface area contributed by atoms with Gasteiger partial charge in [0.2, 0.25) is 0 Å². The van der Waals surface area contributed by atoms with Crippen LogP contribution < -0.4 is 5.73 Å². The highest BCUT2D eigenvalue weighted by Crippen LogP contribution is 2.29. The number of aromatic nitrogens is 2. The van der Waals surface area contributed by atoms with Crippen LogP contribution in [-0.2, 0) is 13.0 Å². The summed E-state index contributed by atoms with van der Waals surface area (Å²) in [6.07, 6.45) is 2.52. The van der Waals surface area contributed by atoms with Gasteiger partial charge < -0.3 is 10.3 Å². The van der Waals surface area contributed by atoms with Gasteiger partial charge >= 0.3 is 0 Å². The molecular formula is C14H15ClFN3. The average Bonchev–Trinajstić information content (AvgIpc) is 2.71. The van der Waals surface area contributed by atoms with Crippen molar-refractivity contribution in [3.8, 4) is 11.3 Å². The quantitative estimate of drug-likeness (QED) is 0.868. The molecule has 0 radical (unpaired) electrons. The van der Waals surface area contributed by atoms with Crippen molar-refractivity contribution < 1.29 is 4.39 Å². The van der Waals surface area contributed by atoms with Crippen molar-refractivity contribution in [2.24, 2.45) is 0 Å². The minimum atomic E-state index is -0.453. The zero-order valence-corrected chi connectivity index (χ0v) is 11.4. The summed E-state index contributed by atoms with van der Waals surface area (Å²) in [4.78, 5) is 4.50. The first kappa shape index (κ1) is 13.6. The first-order valence-corrected chi connectivity index (χ1v) is 6.37. The first-order chi connectivity index (χ1) is 9.08. The van der Waals surface area contributed by atoms with E-state index in [9.17, 15) is 4.39 Å². The second-order valence-corrected chi connectivity index (χ2v) is 4.55. The van der Waals surface area contributed by atoms with E-state index in [2.05, 4.69) is 11.6 Å². The van der Waals surface area contributed by atoms with Crippen LogP contribution in [-0.4, -0.2) is 9.55 Å². The normalized spacial score (nSPS) is 10.7. The third kappa shape index (κ3) is 2.49. The van der Waals surface area contributed by atoms with Crippen molar-refractivity contribution in [2.75, 3.05) is 5.73 Å². The number of aryl methyl sites for hydroxylation is 1. The summed E-state index contributed by atoms with van der Waals surface area (Å²) in [6.45, 7) is 6.30. The maximum atomic E-state index is 13.2. The SMILES string of the molecule is C=CCn1c(CC)nc(-c2ccc(F)c(Cl)c2)c1N. The van der Waals surface area contributed by atoms with Crippen molar-refractivity contribution in [1.82, 2.24) is 9.55 Å². The van der Waals surface area contributed by atoms with Crippen molar-refractivity contribution in [2.45, 2.75) is 19.9 Å². The molecule has 19 heavy (non-hydrogen) atoms. The fourth-order valence-corrected chi connectivity index (χ4v) is 2.15. The van der Waals surface area contributed by atoms with Crippen molar-refractivity contribution >= 4 is 17.4 Å². The molecule has 2 aromatic rings. The van der Waals surface area contributed by atoms with E-state index < -0.39 is 5.82 Å². The highest BCUT2D eigenvalue weighted by molar-refractivity contribution is 6.31. The van der Waals surface area contributed by atoms with Crippen LogP contribution in [0, 0.1) is 5.82 Å². The summed E-state index contributed by atoms with van der Waals surface area (Å²) in [6, 6.07) is 4.47. The summed E-state index contributed by atoms with van der Waals surface area (Å²) in [5, 5.41) is 0.0632. The van der Waals surface area contributed by atoms with Crippen LogP contribution in [0.4, 0.5) is 10.2 Å².